The summed E-state index contributed by atoms with van der Waals surface area (Å²) in [7, 11) is 0. The molecule has 0 aromatic carbocycles. The van der Waals surface area contributed by atoms with Crippen LogP contribution in [0.5, 0.6) is 0 Å². The molecule has 0 aromatic heterocycles. The molecular formula is C18H34N2. The third-order valence-corrected chi connectivity index (χ3v) is 6.45. The first kappa shape index (κ1) is 14.8. The van der Waals surface area contributed by atoms with Gasteiger partial charge in [0, 0.05) is 30.7 Å². The van der Waals surface area contributed by atoms with E-state index in [-0.39, 0.29) is 0 Å². The van der Waals surface area contributed by atoms with E-state index < -0.39 is 0 Å². The molecule has 0 bridgehead atoms. The molecule has 4 unspecified atom stereocenters. The number of hydrogen-bond acceptors (Lipinski definition) is 2. The molecule has 1 saturated heterocycles. The average molecular weight is 278 g/mol. The van der Waals surface area contributed by atoms with Crippen molar-refractivity contribution in [1.29, 1.82) is 0 Å². The molecule has 2 aliphatic carbocycles. The van der Waals surface area contributed by atoms with E-state index in [9.17, 15) is 0 Å². The first-order valence-electron chi connectivity index (χ1n) is 9.10. The van der Waals surface area contributed by atoms with Crippen LogP contribution < -0.4 is 5.32 Å². The molecule has 1 N–H and O–H groups in total. The fourth-order valence-corrected chi connectivity index (χ4v) is 5.19. The Hall–Kier alpha value is -0.0800. The molecule has 20 heavy (non-hydrogen) atoms. The summed E-state index contributed by atoms with van der Waals surface area (Å²) >= 11 is 0. The standard InChI is InChI=1S/C18H34N2/c1-14-7-8-17(15(2)11-14)20-13-18(19-12-16(20)3)9-5-4-6-10-18/h14-17,19H,4-13H2,1-3H3. The van der Waals surface area contributed by atoms with Crippen LogP contribution in [0.15, 0.2) is 0 Å². The van der Waals surface area contributed by atoms with Crippen molar-refractivity contribution in [2.45, 2.75) is 89.8 Å². The number of piperazine rings is 1. The zero-order valence-corrected chi connectivity index (χ0v) is 13.8. The SMILES string of the molecule is CC1CCC(N2CC3(CCCCC3)NCC2C)C(C)C1. The van der Waals surface area contributed by atoms with Crippen LogP contribution in [0.2, 0.25) is 0 Å². The van der Waals surface area contributed by atoms with Gasteiger partial charge in [-0.2, -0.15) is 0 Å². The highest BCUT2D eigenvalue weighted by Crippen LogP contribution is 2.37. The van der Waals surface area contributed by atoms with Gasteiger partial charge >= 0.3 is 0 Å². The molecule has 3 rings (SSSR count). The second-order valence-corrected chi connectivity index (χ2v) is 8.21. The van der Waals surface area contributed by atoms with Gasteiger partial charge in [0.05, 0.1) is 0 Å². The zero-order valence-electron chi connectivity index (χ0n) is 13.8. The highest BCUT2D eigenvalue weighted by molar-refractivity contribution is 5.01. The van der Waals surface area contributed by atoms with Gasteiger partial charge in [0.2, 0.25) is 0 Å². The summed E-state index contributed by atoms with van der Waals surface area (Å²) in [5, 5.41) is 3.94. The molecule has 0 radical (unpaired) electrons. The minimum absolute atomic E-state index is 0.466. The molecule has 4 atom stereocenters. The van der Waals surface area contributed by atoms with E-state index in [1.165, 1.54) is 64.5 Å². The van der Waals surface area contributed by atoms with Crippen LogP contribution in [0, 0.1) is 11.8 Å². The monoisotopic (exact) mass is 278 g/mol. The van der Waals surface area contributed by atoms with E-state index >= 15 is 0 Å². The van der Waals surface area contributed by atoms with Gasteiger partial charge < -0.3 is 5.32 Å². The first-order chi connectivity index (χ1) is 9.60. The van der Waals surface area contributed by atoms with Crippen molar-refractivity contribution in [3.05, 3.63) is 0 Å². The van der Waals surface area contributed by atoms with Crippen LogP contribution in [0.4, 0.5) is 0 Å². The Morgan fingerprint density at radius 1 is 1.00 bits per heavy atom. The molecule has 0 aromatic rings. The summed E-state index contributed by atoms with van der Waals surface area (Å²) in [6.45, 7) is 9.91. The van der Waals surface area contributed by atoms with Crippen LogP contribution in [-0.2, 0) is 0 Å². The number of hydrogen-bond donors (Lipinski definition) is 1. The van der Waals surface area contributed by atoms with Gasteiger partial charge in [-0.25, -0.2) is 0 Å². The summed E-state index contributed by atoms with van der Waals surface area (Å²) in [5.74, 6) is 1.84. The lowest BCUT2D eigenvalue weighted by Crippen LogP contribution is -2.67. The summed E-state index contributed by atoms with van der Waals surface area (Å²) < 4.78 is 0. The third kappa shape index (κ3) is 2.92. The van der Waals surface area contributed by atoms with Gasteiger partial charge in [0.1, 0.15) is 0 Å². The van der Waals surface area contributed by atoms with Crippen molar-refractivity contribution >= 4 is 0 Å². The Morgan fingerprint density at radius 3 is 2.45 bits per heavy atom. The maximum atomic E-state index is 3.94. The molecule has 1 aliphatic heterocycles. The molecular weight excluding hydrogens is 244 g/mol. The van der Waals surface area contributed by atoms with E-state index in [1.54, 1.807) is 0 Å². The van der Waals surface area contributed by atoms with Crippen LogP contribution >= 0.6 is 0 Å². The smallest absolute Gasteiger partial charge is 0.0309 e. The van der Waals surface area contributed by atoms with Crippen molar-refractivity contribution in [3.8, 4) is 0 Å². The van der Waals surface area contributed by atoms with Crippen LogP contribution in [0.1, 0.15) is 72.1 Å². The Kier molecular flexibility index (Phi) is 4.42. The number of nitrogens with zero attached hydrogens (tertiary/aromatic N) is 1. The normalized spacial score (nSPS) is 42.8. The minimum atomic E-state index is 0.466. The second-order valence-electron chi connectivity index (χ2n) is 8.21. The fourth-order valence-electron chi connectivity index (χ4n) is 5.19. The summed E-state index contributed by atoms with van der Waals surface area (Å²) in [6, 6.07) is 1.57. The Bertz CT molecular complexity index is 321. The maximum absolute atomic E-state index is 3.94. The first-order valence-corrected chi connectivity index (χ1v) is 9.10. The lowest BCUT2D eigenvalue weighted by molar-refractivity contribution is -0.00563. The molecule has 0 amide bonds. The van der Waals surface area contributed by atoms with E-state index in [0.717, 1.165) is 23.9 Å². The quantitative estimate of drug-likeness (QED) is 0.784. The Balaban J connectivity index is 1.70. The number of nitrogens with one attached hydrogen (secondary N) is 1. The van der Waals surface area contributed by atoms with Crippen molar-refractivity contribution in [2.24, 2.45) is 11.8 Å². The van der Waals surface area contributed by atoms with Gasteiger partial charge in [-0.05, 0) is 50.9 Å². The number of rotatable bonds is 1. The van der Waals surface area contributed by atoms with E-state index in [2.05, 4.69) is 31.0 Å². The molecule has 2 nitrogen and oxygen atoms in total. The molecule has 1 spiro atoms. The zero-order chi connectivity index (χ0) is 14.2. The molecule has 116 valence electrons. The van der Waals surface area contributed by atoms with Gasteiger partial charge in [0.25, 0.3) is 0 Å². The van der Waals surface area contributed by atoms with Crippen molar-refractivity contribution in [3.63, 3.8) is 0 Å². The van der Waals surface area contributed by atoms with Crippen molar-refractivity contribution in [2.75, 3.05) is 13.1 Å². The summed E-state index contributed by atoms with van der Waals surface area (Å²) in [6.07, 6.45) is 11.5. The maximum Gasteiger partial charge on any atom is 0.0309 e. The van der Waals surface area contributed by atoms with Gasteiger partial charge in [-0.1, -0.05) is 33.1 Å². The predicted octanol–water partition coefficient (Wildman–Crippen LogP) is 3.81. The average Bonchev–Trinajstić information content (AvgIpc) is 2.43. The molecule has 1 heterocycles. The lowest BCUT2D eigenvalue weighted by atomic mass is 9.75. The highest BCUT2D eigenvalue weighted by atomic mass is 15.3. The third-order valence-electron chi connectivity index (χ3n) is 6.45. The molecule has 3 fully saturated rings. The predicted molar refractivity (Wildman–Crippen MR) is 86.0 cm³/mol. The molecule has 2 heteroatoms. The van der Waals surface area contributed by atoms with Crippen LogP contribution in [0.3, 0.4) is 0 Å². The van der Waals surface area contributed by atoms with Gasteiger partial charge in [-0.15, -0.1) is 0 Å². The van der Waals surface area contributed by atoms with Crippen molar-refractivity contribution in [1.82, 2.24) is 10.2 Å². The van der Waals surface area contributed by atoms with Crippen molar-refractivity contribution < 1.29 is 0 Å². The fraction of sp³-hybridized carbons (Fsp3) is 1.00. The molecule has 3 aliphatic rings. The summed E-state index contributed by atoms with van der Waals surface area (Å²) in [4.78, 5) is 2.90. The van der Waals surface area contributed by atoms with Crippen LogP contribution in [-0.4, -0.2) is 35.6 Å². The van der Waals surface area contributed by atoms with Crippen LogP contribution in [0.25, 0.3) is 0 Å². The van der Waals surface area contributed by atoms with E-state index in [4.69, 9.17) is 0 Å². The second kappa shape index (κ2) is 5.96. The van der Waals surface area contributed by atoms with E-state index in [0.29, 0.717) is 5.54 Å². The van der Waals surface area contributed by atoms with E-state index in [1.807, 2.05) is 0 Å². The molecule has 2 saturated carbocycles. The Morgan fingerprint density at radius 2 is 1.75 bits per heavy atom. The summed E-state index contributed by atoms with van der Waals surface area (Å²) in [5.41, 5.74) is 0.466. The topological polar surface area (TPSA) is 15.3 Å². The van der Waals surface area contributed by atoms with Gasteiger partial charge in [-0.3, -0.25) is 4.90 Å². The largest absolute Gasteiger partial charge is 0.308 e. The van der Waals surface area contributed by atoms with Gasteiger partial charge in [0.15, 0.2) is 0 Å². The minimum Gasteiger partial charge on any atom is -0.308 e. The highest BCUT2D eigenvalue weighted by Gasteiger charge is 2.42. The lowest BCUT2D eigenvalue weighted by Gasteiger charge is -2.53. The Labute approximate surface area is 125 Å².